The van der Waals surface area contributed by atoms with Crippen molar-refractivity contribution in [3.8, 4) is 0 Å². The standard InChI is InChI=1S/C20H19ClN4O/c1-13-3-8-17(9-14(13)2)25-20(26)18-10-19(24-12-23-18)22-11-15-4-6-16(21)7-5-15/h3-10,12H,11H2,1-2H3,(H,25,26)(H,22,23,24). The smallest absolute Gasteiger partial charge is 0.274 e. The van der Waals surface area contributed by atoms with E-state index in [1.807, 2.05) is 56.3 Å². The van der Waals surface area contributed by atoms with Gasteiger partial charge in [0.05, 0.1) is 0 Å². The summed E-state index contributed by atoms with van der Waals surface area (Å²) < 4.78 is 0. The Morgan fingerprint density at radius 3 is 2.50 bits per heavy atom. The molecule has 0 aliphatic rings. The van der Waals surface area contributed by atoms with Gasteiger partial charge >= 0.3 is 0 Å². The quantitative estimate of drug-likeness (QED) is 0.691. The Morgan fingerprint density at radius 2 is 1.77 bits per heavy atom. The van der Waals surface area contributed by atoms with Gasteiger partial charge in [0.1, 0.15) is 17.8 Å². The van der Waals surface area contributed by atoms with Crippen molar-refractivity contribution in [3.63, 3.8) is 0 Å². The predicted octanol–water partition coefficient (Wildman–Crippen LogP) is 4.61. The number of amides is 1. The van der Waals surface area contributed by atoms with Crippen LogP contribution in [0.5, 0.6) is 0 Å². The highest BCUT2D eigenvalue weighted by atomic mass is 35.5. The molecule has 0 unspecified atom stereocenters. The largest absolute Gasteiger partial charge is 0.366 e. The van der Waals surface area contributed by atoms with Crippen molar-refractivity contribution in [2.24, 2.45) is 0 Å². The molecule has 0 saturated carbocycles. The first-order chi connectivity index (χ1) is 12.5. The molecule has 1 heterocycles. The monoisotopic (exact) mass is 366 g/mol. The molecule has 0 aliphatic carbocycles. The van der Waals surface area contributed by atoms with Gasteiger partial charge in [-0.05, 0) is 54.8 Å². The van der Waals surface area contributed by atoms with Crippen molar-refractivity contribution in [3.05, 3.63) is 82.3 Å². The number of carbonyl (C=O) groups excluding carboxylic acids is 1. The van der Waals surface area contributed by atoms with Gasteiger partial charge in [-0.25, -0.2) is 9.97 Å². The van der Waals surface area contributed by atoms with Crippen LogP contribution in [0.2, 0.25) is 5.02 Å². The number of anilines is 2. The number of nitrogens with zero attached hydrogens (tertiary/aromatic N) is 2. The number of aryl methyl sites for hydroxylation is 2. The third-order valence-electron chi connectivity index (χ3n) is 4.05. The Kier molecular flexibility index (Phi) is 5.49. The van der Waals surface area contributed by atoms with Crippen LogP contribution in [0.25, 0.3) is 0 Å². The minimum absolute atomic E-state index is 0.273. The number of hydrogen-bond donors (Lipinski definition) is 2. The number of nitrogens with one attached hydrogen (secondary N) is 2. The molecule has 3 rings (SSSR count). The Balaban J connectivity index is 1.66. The molecule has 0 radical (unpaired) electrons. The van der Waals surface area contributed by atoms with Crippen molar-refractivity contribution >= 4 is 29.0 Å². The molecule has 0 aliphatic heterocycles. The summed E-state index contributed by atoms with van der Waals surface area (Å²) >= 11 is 5.88. The highest BCUT2D eigenvalue weighted by molar-refractivity contribution is 6.30. The van der Waals surface area contributed by atoms with Crippen molar-refractivity contribution in [1.29, 1.82) is 0 Å². The van der Waals surface area contributed by atoms with Crippen LogP contribution in [0, 0.1) is 13.8 Å². The average molecular weight is 367 g/mol. The van der Waals surface area contributed by atoms with Crippen molar-refractivity contribution in [1.82, 2.24) is 9.97 Å². The van der Waals surface area contributed by atoms with Gasteiger partial charge in [0.25, 0.3) is 5.91 Å². The van der Waals surface area contributed by atoms with Crippen LogP contribution in [0.3, 0.4) is 0 Å². The first-order valence-corrected chi connectivity index (χ1v) is 8.58. The first-order valence-electron chi connectivity index (χ1n) is 8.20. The SMILES string of the molecule is Cc1ccc(NC(=O)c2cc(NCc3ccc(Cl)cc3)ncn2)cc1C. The number of aromatic nitrogens is 2. The summed E-state index contributed by atoms with van der Waals surface area (Å²) in [6, 6.07) is 15.0. The van der Waals surface area contributed by atoms with Crippen LogP contribution in [-0.2, 0) is 6.54 Å². The third kappa shape index (κ3) is 4.58. The number of carbonyl (C=O) groups is 1. The molecular formula is C20H19ClN4O. The summed E-state index contributed by atoms with van der Waals surface area (Å²) in [5.74, 6) is 0.311. The molecule has 0 saturated heterocycles. The molecule has 3 aromatic rings. The summed E-state index contributed by atoms with van der Waals surface area (Å²) in [6.45, 7) is 4.62. The van der Waals surface area contributed by atoms with Crippen LogP contribution < -0.4 is 10.6 Å². The number of hydrogen-bond acceptors (Lipinski definition) is 4. The fourth-order valence-electron chi connectivity index (χ4n) is 2.39. The molecule has 1 amide bonds. The van der Waals surface area contributed by atoms with E-state index in [1.165, 1.54) is 11.9 Å². The Hall–Kier alpha value is -2.92. The van der Waals surface area contributed by atoms with E-state index in [1.54, 1.807) is 6.07 Å². The maximum atomic E-state index is 12.4. The van der Waals surface area contributed by atoms with E-state index in [-0.39, 0.29) is 5.91 Å². The lowest BCUT2D eigenvalue weighted by Crippen LogP contribution is -2.15. The van der Waals surface area contributed by atoms with Gasteiger partial charge in [-0.15, -0.1) is 0 Å². The minimum Gasteiger partial charge on any atom is -0.366 e. The lowest BCUT2D eigenvalue weighted by atomic mass is 10.1. The van der Waals surface area contributed by atoms with Gasteiger partial charge in [0.15, 0.2) is 0 Å². The maximum absolute atomic E-state index is 12.4. The lowest BCUT2D eigenvalue weighted by Gasteiger charge is -2.09. The summed E-state index contributed by atoms with van der Waals surface area (Å²) in [7, 11) is 0. The van der Waals surface area contributed by atoms with E-state index < -0.39 is 0 Å². The predicted molar refractivity (Wildman–Crippen MR) is 105 cm³/mol. The van der Waals surface area contributed by atoms with E-state index in [0.717, 1.165) is 16.8 Å². The molecule has 26 heavy (non-hydrogen) atoms. The van der Waals surface area contributed by atoms with Crippen molar-refractivity contribution < 1.29 is 4.79 Å². The summed E-state index contributed by atoms with van der Waals surface area (Å²) in [4.78, 5) is 20.7. The van der Waals surface area contributed by atoms with E-state index in [9.17, 15) is 4.79 Å². The molecule has 5 nitrogen and oxygen atoms in total. The second-order valence-corrected chi connectivity index (χ2v) is 6.46. The second-order valence-electron chi connectivity index (χ2n) is 6.02. The van der Waals surface area contributed by atoms with E-state index in [4.69, 9.17) is 11.6 Å². The highest BCUT2D eigenvalue weighted by Crippen LogP contribution is 2.16. The maximum Gasteiger partial charge on any atom is 0.274 e. The number of rotatable bonds is 5. The average Bonchev–Trinajstić information content (AvgIpc) is 2.64. The molecule has 2 aromatic carbocycles. The van der Waals surface area contributed by atoms with E-state index in [0.29, 0.717) is 23.1 Å². The summed E-state index contributed by atoms with van der Waals surface area (Å²) in [5.41, 5.74) is 4.41. The second kappa shape index (κ2) is 7.97. The molecule has 0 spiro atoms. The third-order valence-corrected chi connectivity index (χ3v) is 4.30. The Labute approximate surface area is 157 Å². The van der Waals surface area contributed by atoms with Crippen molar-refractivity contribution in [2.45, 2.75) is 20.4 Å². The number of halogens is 1. The van der Waals surface area contributed by atoms with Gasteiger partial charge in [-0.1, -0.05) is 29.8 Å². The van der Waals surface area contributed by atoms with E-state index in [2.05, 4.69) is 20.6 Å². The molecule has 1 aromatic heterocycles. The van der Waals surface area contributed by atoms with Gasteiger partial charge in [-0.2, -0.15) is 0 Å². The van der Waals surface area contributed by atoms with Gasteiger partial charge in [0, 0.05) is 23.3 Å². The Bertz CT molecular complexity index is 925. The summed E-state index contributed by atoms with van der Waals surface area (Å²) in [5, 5.41) is 6.74. The molecular weight excluding hydrogens is 348 g/mol. The zero-order valence-corrected chi connectivity index (χ0v) is 15.3. The van der Waals surface area contributed by atoms with Crippen molar-refractivity contribution in [2.75, 3.05) is 10.6 Å². The van der Waals surface area contributed by atoms with Gasteiger partial charge < -0.3 is 10.6 Å². The zero-order valence-electron chi connectivity index (χ0n) is 14.6. The first kappa shape index (κ1) is 17.9. The van der Waals surface area contributed by atoms with Crippen LogP contribution >= 0.6 is 11.6 Å². The van der Waals surface area contributed by atoms with E-state index >= 15 is 0 Å². The van der Waals surface area contributed by atoms with Crippen LogP contribution in [0.15, 0.2) is 54.9 Å². The molecule has 0 atom stereocenters. The zero-order chi connectivity index (χ0) is 18.5. The highest BCUT2D eigenvalue weighted by Gasteiger charge is 2.10. The lowest BCUT2D eigenvalue weighted by molar-refractivity contribution is 0.102. The van der Waals surface area contributed by atoms with Crippen LogP contribution in [0.4, 0.5) is 11.5 Å². The molecule has 2 N–H and O–H groups in total. The minimum atomic E-state index is -0.273. The fourth-order valence-corrected chi connectivity index (χ4v) is 2.51. The fraction of sp³-hybridized carbons (Fsp3) is 0.150. The number of benzene rings is 2. The van der Waals surface area contributed by atoms with Gasteiger partial charge in [-0.3, -0.25) is 4.79 Å². The molecule has 0 fully saturated rings. The topological polar surface area (TPSA) is 66.9 Å². The molecule has 6 heteroatoms. The normalized spacial score (nSPS) is 10.4. The van der Waals surface area contributed by atoms with Crippen LogP contribution in [0.1, 0.15) is 27.2 Å². The summed E-state index contributed by atoms with van der Waals surface area (Å²) in [6.07, 6.45) is 1.37. The van der Waals surface area contributed by atoms with Crippen LogP contribution in [-0.4, -0.2) is 15.9 Å². The molecule has 0 bridgehead atoms. The van der Waals surface area contributed by atoms with Gasteiger partial charge in [0.2, 0.25) is 0 Å². The molecule has 132 valence electrons. The Morgan fingerprint density at radius 1 is 1.00 bits per heavy atom.